The minimum absolute atomic E-state index is 0.0171. The van der Waals surface area contributed by atoms with E-state index in [9.17, 15) is 4.79 Å². The van der Waals surface area contributed by atoms with Crippen LogP contribution in [0.4, 0.5) is 5.00 Å². The molecule has 0 aromatic carbocycles. The van der Waals surface area contributed by atoms with Gasteiger partial charge >= 0.3 is 0 Å². The lowest BCUT2D eigenvalue weighted by molar-refractivity contribution is -0.132. The highest BCUT2D eigenvalue weighted by Gasteiger charge is 2.30. The van der Waals surface area contributed by atoms with Crippen LogP contribution in [0.1, 0.15) is 26.0 Å². The van der Waals surface area contributed by atoms with Crippen LogP contribution in [0.25, 0.3) is 0 Å². The van der Waals surface area contributed by atoms with Crippen LogP contribution in [0, 0.1) is 0 Å². The number of hydrogen-bond donors (Lipinski definition) is 2. The molecule has 1 aromatic heterocycles. The summed E-state index contributed by atoms with van der Waals surface area (Å²) in [5.41, 5.74) is 0.907. The number of carbonyl (C=O) groups excluding carboxylic acids is 1. The van der Waals surface area contributed by atoms with Gasteiger partial charge in [0.2, 0.25) is 5.91 Å². The summed E-state index contributed by atoms with van der Waals surface area (Å²) in [6.07, 6.45) is 1.05. The number of nitrogens with one attached hydrogen (secondary N) is 2. The molecule has 118 valence electrons. The number of amides is 1. The third-order valence-electron chi connectivity index (χ3n) is 3.34. The van der Waals surface area contributed by atoms with Gasteiger partial charge in [-0.2, -0.15) is 0 Å². The summed E-state index contributed by atoms with van der Waals surface area (Å²) >= 11 is 1.37. The van der Waals surface area contributed by atoms with E-state index in [4.69, 9.17) is 4.74 Å². The third-order valence-corrected chi connectivity index (χ3v) is 4.06. The second-order valence-corrected chi connectivity index (χ2v) is 5.69. The number of carbonyl (C=O) groups is 1. The first-order valence-corrected chi connectivity index (χ1v) is 8.18. The van der Waals surface area contributed by atoms with Gasteiger partial charge < -0.3 is 15.4 Å². The molecule has 0 radical (unpaired) electrons. The lowest BCUT2D eigenvalue weighted by Crippen LogP contribution is -2.53. The molecule has 0 bridgehead atoms. The molecule has 1 unspecified atom stereocenters. The van der Waals surface area contributed by atoms with Crippen LogP contribution < -0.4 is 10.6 Å². The molecule has 2 N–H and O–H groups in total. The van der Waals surface area contributed by atoms with E-state index in [0.717, 1.165) is 30.2 Å². The van der Waals surface area contributed by atoms with E-state index < -0.39 is 0 Å². The number of rotatable bonds is 7. The lowest BCUT2D eigenvalue weighted by atomic mass is 10.2. The molecule has 1 amide bonds. The molecular formula is C13H23N5O2S. The molecule has 0 saturated carbocycles. The standard InChI is InChI=1S/C13H23N5O2S/c1-3-5-15-13-10(16-17-21-13)8-18-6-7-20-9-11(18)12(19)14-4-2/h11,15H,3-9H2,1-2H3,(H,14,19). The summed E-state index contributed by atoms with van der Waals surface area (Å²) in [5, 5.41) is 11.4. The Morgan fingerprint density at radius 1 is 1.52 bits per heavy atom. The highest BCUT2D eigenvalue weighted by atomic mass is 32.1. The van der Waals surface area contributed by atoms with Gasteiger partial charge in [0.25, 0.3) is 0 Å². The first-order valence-electron chi connectivity index (χ1n) is 7.40. The largest absolute Gasteiger partial charge is 0.378 e. The lowest BCUT2D eigenvalue weighted by Gasteiger charge is -2.33. The van der Waals surface area contributed by atoms with Crippen LogP contribution in [0.15, 0.2) is 0 Å². The normalized spacial score (nSPS) is 19.4. The van der Waals surface area contributed by atoms with Crippen molar-refractivity contribution >= 4 is 22.4 Å². The van der Waals surface area contributed by atoms with Crippen LogP contribution in [-0.2, 0) is 16.1 Å². The number of aromatic nitrogens is 2. The predicted molar refractivity (Wildman–Crippen MR) is 82.4 cm³/mol. The van der Waals surface area contributed by atoms with Crippen molar-refractivity contribution in [1.82, 2.24) is 19.8 Å². The summed E-state index contributed by atoms with van der Waals surface area (Å²) < 4.78 is 9.46. The minimum atomic E-state index is -0.251. The highest BCUT2D eigenvalue weighted by molar-refractivity contribution is 7.10. The van der Waals surface area contributed by atoms with E-state index >= 15 is 0 Å². The minimum Gasteiger partial charge on any atom is -0.378 e. The van der Waals surface area contributed by atoms with E-state index in [1.807, 2.05) is 6.92 Å². The Balaban J connectivity index is 2.01. The average molecular weight is 313 g/mol. The zero-order valence-corrected chi connectivity index (χ0v) is 13.4. The number of morpholine rings is 1. The third kappa shape index (κ3) is 4.36. The van der Waals surface area contributed by atoms with Crippen molar-refractivity contribution < 1.29 is 9.53 Å². The first-order chi connectivity index (χ1) is 10.3. The summed E-state index contributed by atoms with van der Waals surface area (Å²) in [4.78, 5) is 14.2. The van der Waals surface area contributed by atoms with Crippen molar-refractivity contribution in [3.63, 3.8) is 0 Å². The quantitative estimate of drug-likeness (QED) is 0.771. The number of hydrogen-bond acceptors (Lipinski definition) is 7. The monoisotopic (exact) mass is 313 g/mol. The van der Waals surface area contributed by atoms with Crippen LogP contribution in [0.2, 0.25) is 0 Å². The average Bonchev–Trinajstić information content (AvgIpc) is 2.93. The molecule has 1 fully saturated rings. The SMILES string of the molecule is CCCNc1snnc1CN1CCOCC1C(=O)NCC. The Morgan fingerprint density at radius 3 is 3.14 bits per heavy atom. The van der Waals surface area contributed by atoms with Gasteiger partial charge in [-0.3, -0.25) is 9.69 Å². The Hall–Kier alpha value is -1.25. The molecule has 7 nitrogen and oxygen atoms in total. The van der Waals surface area contributed by atoms with Gasteiger partial charge in [-0.25, -0.2) is 0 Å². The van der Waals surface area contributed by atoms with Crippen molar-refractivity contribution in [3.05, 3.63) is 5.69 Å². The smallest absolute Gasteiger partial charge is 0.239 e. The summed E-state index contributed by atoms with van der Waals surface area (Å²) in [5.74, 6) is 0.0171. The zero-order valence-electron chi connectivity index (χ0n) is 12.6. The maximum absolute atomic E-state index is 12.1. The fourth-order valence-corrected chi connectivity index (χ4v) is 2.84. The molecule has 21 heavy (non-hydrogen) atoms. The van der Waals surface area contributed by atoms with Gasteiger partial charge in [0.15, 0.2) is 0 Å². The molecule has 2 heterocycles. The van der Waals surface area contributed by atoms with E-state index in [2.05, 4.69) is 32.0 Å². The molecule has 2 rings (SSSR count). The highest BCUT2D eigenvalue weighted by Crippen LogP contribution is 2.21. The van der Waals surface area contributed by atoms with Gasteiger partial charge in [-0.05, 0) is 13.3 Å². The van der Waals surface area contributed by atoms with Crippen LogP contribution >= 0.6 is 11.5 Å². The van der Waals surface area contributed by atoms with E-state index in [0.29, 0.717) is 26.3 Å². The molecule has 1 saturated heterocycles. The van der Waals surface area contributed by atoms with Crippen molar-refractivity contribution in [3.8, 4) is 0 Å². The second kappa shape index (κ2) is 8.26. The van der Waals surface area contributed by atoms with Gasteiger partial charge in [0, 0.05) is 37.7 Å². The Labute approximate surface area is 129 Å². The van der Waals surface area contributed by atoms with Crippen molar-refractivity contribution in [2.75, 3.05) is 38.2 Å². The summed E-state index contributed by atoms with van der Waals surface area (Å²) in [6.45, 7) is 7.99. The maximum atomic E-state index is 12.1. The molecule has 0 aliphatic carbocycles. The number of likely N-dealkylation sites (N-methyl/N-ethyl adjacent to an activating group) is 1. The van der Waals surface area contributed by atoms with Gasteiger partial charge in [-0.1, -0.05) is 11.4 Å². The molecule has 8 heteroatoms. The Morgan fingerprint density at radius 2 is 2.38 bits per heavy atom. The fraction of sp³-hybridized carbons (Fsp3) is 0.769. The van der Waals surface area contributed by atoms with Crippen LogP contribution in [0.5, 0.6) is 0 Å². The topological polar surface area (TPSA) is 79.4 Å². The van der Waals surface area contributed by atoms with Gasteiger partial charge in [0.1, 0.15) is 16.7 Å². The van der Waals surface area contributed by atoms with E-state index in [-0.39, 0.29) is 11.9 Å². The molecule has 1 atom stereocenters. The first kappa shape index (κ1) is 16.1. The van der Waals surface area contributed by atoms with Gasteiger partial charge in [-0.15, -0.1) is 5.10 Å². The van der Waals surface area contributed by atoms with E-state index in [1.54, 1.807) is 0 Å². The van der Waals surface area contributed by atoms with Crippen molar-refractivity contribution in [2.45, 2.75) is 32.9 Å². The summed E-state index contributed by atoms with van der Waals surface area (Å²) in [7, 11) is 0. The Bertz CT molecular complexity index is 454. The number of ether oxygens (including phenoxy) is 1. The molecule has 1 aliphatic heterocycles. The van der Waals surface area contributed by atoms with Crippen molar-refractivity contribution in [2.24, 2.45) is 0 Å². The fourth-order valence-electron chi connectivity index (χ4n) is 2.24. The van der Waals surface area contributed by atoms with Crippen LogP contribution in [-0.4, -0.2) is 59.3 Å². The Kier molecular flexibility index (Phi) is 6.34. The molecule has 1 aromatic rings. The number of nitrogens with zero attached hydrogens (tertiary/aromatic N) is 3. The second-order valence-electron chi connectivity index (χ2n) is 4.93. The molecule has 1 aliphatic rings. The summed E-state index contributed by atoms with van der Waals surface area (Å²) in [6, 6.07) is -0.251. The van der Waals surface area contributed by atoms with Gasteiger partial charge in [0.05, 0.1) is 13.2 Å². The van der Waals surface area contributed by atoms with Crippen LogP contribution in [0.3, 0.4) is 0 Å². The molecular weight excluding hydrogens is 290 g/mol. The van der Waals surface area contributed by atoms with Crippen molar-refractivity contribution in [1.29, 1.82) is 0 Å². The number of anilines is 1. The molecule has 0 spiro atoms. The zero-order chi connectivity index (χ0) is 15.1. The van der Waals surface area contributed by atoms with E-state index in [1.165, 1.54) is 11.5 Å². The maximum Gasteiger partial charge on any atom is 0.239 e. The predicted octanol–water partition coefficient (Wildman–Crippen LogP) is 0.697.